The van der Waals surface area contributed by atoms with Gasteiger partial charge in [0.15, 0.2) is 6.61 Å². The Labute approximate surface area is 169 Å². The largest absolute Gasteiger partial charge is 0.452 e. The first-order valence-electron chi connectivity index (χ1n) is 9.54. The SMILES string of the molecule is Cc1noc(C)c1CSc1ccccc1C(=O)OCC(=O)N1CCC[C@@H](C)C1. The number of esters is 1. The van der Waals surface area contributed by atoms with E-state index in [4.69, 9.17) is 9.26 Å². The van der Waals surface area contributed by atoms with Gasteiger partial charge in [-0.05, 0) is 44.7 Å². The summed E-state index contributed by atoms with van der Waals surface area (Å²) in [6.07, 6.45) is 2.14. The van der Waals surface area contributed by atoms with Crippen molar-refractivity contribution in [3.63, 3.8) is 0 Å². The van der Waals surface area contributed by atoms with Crippen molar-refractivity contribution in [2.75, 3.05) is 19.7 Å². The second-order valence-corrected chi connectivity index (χ2v) is 8.27. The number of likely N-dealkylation sites (tertiary alicyclic amines) is 1. The van der Waals surface area contributed by atoms with Crippen LogP contribution in [0.1, 0.15) is 47.1 Å². The highest BCUT2D eigenvalue weighted by Gasteiger charge is 2.23. The van der Waals surface area contributed by atoms with Crippen molar-refractivity contribution in [2.24, 2.45) is 5.92 Å². The van der Waals surface area contributed by atoms with Gasteiger partial charge in [0.1, 0.15) is 5.76 Å². The average Bonchev–Trinajstić information content (AvgIpc) is 3.02. The normalized spacial score (nSPS) is 16.8. The number of rotatable bonds is 6. The number of piperidine rings is 1. The molecule has 1 saturated heterocycles. The van der Waals surface area contributed by atoms with Crippen LogP contribution in [0.2, 0.25) is 0 Å². The van der Waals surface area contributed by atoms with E-state index in [1.54, 1.807) is 17.0 Å². The number of ether oxygens (including phenoxy) is 1. The predicted octanol–water partition coefficient (Wildman–Crippen LogP) is 4.00. The Morgan fingerprint density at radius 1 is 1.32 bits per heavy atom. The number of thioether (sulfide) groups is 1. The molecular weight excluding hydrogens is 376 g/mol. The van der Waals surface area contributed by atoms with Gasteiger partial charge in [-0.25, -0.2) is 4.79 Å². The summed E-state index contributed by atoms with van der Waals surface area (Å²) in [5, 5.41) is 3.96. The molecular formula is C21H26N2O4S. The van der Waals surface area contributed by atoms with Gasteiger partial charge in [0.25, 0.3) is 5.91 Å². The number of carbonyl (C=O) groups excluding carboxylic acids is 2. The Kier molecular flexibility index (Phi) is 6.78. The van der Waals surface area contributed by atoms with Crippen LogP contribution in [0.25, 0.3) is 0 Å². The minimum atomic E-state index is -0.472. The van der Waals surface area contributed by atoms with Gasteiger partial charge in [-0.15, -0.1) is 11.8 Å². The van der Waals surface area contributed by atoms with Crippen LogP contribution >= 0.6 is 11.8 Å². The topological polar surface area (TPSA) is 72.6 Å². The zero-order valence-corrected chi connectivity index (χ0v) is 17.4. The molecule has 1 atom stereocenters. The Bertz CT molecular complexity index is 829. The molecule has 3 rings (SSSR count). The molecule has 2 heterocycles. The van der Waals surface area contributed by atoms with Crippen LogP contribution in [0.15, 0.2) is 33.7 Å². The monoisotopic (exact) mass is 402 g/mol. The van der Waals surface area contributed by atoms with E-state index in [1.165, 1.54) is 11.8 Å². The number of amides is 1. The first-order chi connectivity index (χ1) is 13.5. The van der Waals surface area contributed by atoms with Crippen molar-refractivity contribution >= 4 is 23.6 Å². The number of aryl methyl sites for hydroxylation is 2. The van der Waals surface area contributed by atoms with Crippen molar-refractivity contribution in [3.8, 4) is 0 Å². The van der Waals surface area contributed by atoms with E-state index in [0.717, 1.165) is 47.8 Å². The second-order valence-electron chi connectivity index (χ2n) is 7.25. The van der Waals surface area contributed by atoms with E-state index >= 15 is 0 Å². The lowest BCUT2D eigenvalue weighted by Gasteiger charge is -2.30. The Balaban J connectivity index is 1.60. The first-order valence-corrected chi connectivity index (χ1v) is 10.5. The lowest BCUT2D eigenvalue weighted by Crippen LogP contribution is -2.41. The highest BCUT2D eigenvalue weighted by Crippen LogP contribution is 2.29. The standard InChI is InChI=1S/C21H26N2O4S/c1-14-7-6-10-23(11-14)20(24)12-26-21(25)17-8-4-5-9-19(17)28-13-18-15(2)22-27-16(18)3/h4-5,8-9,14H,6-7,10-13H2,1-3H3/t14-/m1/s1. The molecule has 1 aromatic heterocycles. The van der Waals surface area contributed by atoms with Gasteiger partial charge in [-0.1, -0.05) is 24.2 Å². The van der Waals surface area contributed by atoms with Crippen LogP contribution in [-0.2, 0) is 15.3 Å². The van der Waals surface area contributed by atoms with Crippen LogP contribution in [0.5, 0.6) is 0 Å². The molecule has 0 bridgehead atoms. The Hall–Kier alpha value is -2.28. The maximum atomic E-state index is 12.6. The van der Waals surface area contributed by atoms with Crippen LogP contribution in [0.3, 0.4) is 0 Å². The van der Waals surface area contributed by atoms with Crippen LogP contribution in [0.4, 0.5) is 0 Å². The van der Waals surface area contributed by atoms with Gasteiger partial charge < -0.3 is 14.2 Å². The molecule has 150 valence electrons. The summed E-state index contributed by atoms with van der Waals surface area (Å²) in [7, 11) is 0. The van der Waals surface area contributed by atoms with Gasteiger partial charge >= 0.3 is 5.97 Å². The predicted molar refractivity (Wildman–Crippen MR) is 107 cm³/mol. The third-order valence-electron chi connectivity index (χ3n) is 5.00. The molecule has 28 heavy (non-hydrogen) atoms. The minimum Gasteiger partial charge on any atom is -0.452 e. The summed E-state index contributed by atoms with van der Waals surface area (Å²) in [5.41, 5.74) is 2.35. The van der Waals surface area contributed by atoms with Crippen molar-refractivity contribution < 1.29 is 18.8 Å². The van der Waals surface area contributed by atoms with E-state index in [-0.39, 0.29) is 12.5 Å². The van der Waals surface area contributed by atoms with Crippen molar-refractivity contribution in [3.05, 3.63) is 46.8 Å². The number of aromatic nitrogens is 1. The van der Waals surface area contributed by atoms with Crippen LogP contribution in [-0.4, -0.2) is 41.6 Å². The summed E-state index contributed by atoms with van der Waals surface area (Å²) >= 11 is 1.53. The summed E-state index contributed by atoms with van der Waals surface area (Å²) in [4.78, 5) is 27.5. The smallest absolute Gasteiger partial charge is 0.339 e. The molecule has 1 aliphatic rings. The van der Waals surface area contributed by atoms with Crippen molar-refractivity contribution in [1.82, 2.24) is 10.1 Å². The summed E-state index contributed by atoms with van der Waals surface area (Å²) in [6, 6.07) is 7.29. The molecule has 1 amide bonds. The maximum absolute atomic E-state index is 12.6. The molecule has 2 aromatic rings. The van der Waals surface area contributed by atoms with Gasteiger partial charge in [0.05, 0.1) is 11.3 Å². The lowest BCUT2D eigenvalue weighted by atomic mass is 10.0. The Morgan fingerprint density at radius 3 is 2.82 bits per heavy atom. The van der Waals surface area contributed by atoms with Gasteiger partial charge in [-0.3, -0.25) is 4.79 Å². The van der Waals surface area contributed by atoms with E-state index in [2.05, 4.69) is 12.1 Å². The number of benzene rings is 1. The number of carbonyl (C=O) groups is 2. The molecule has 7 heteroatoms. The van der Waals surface area contributed by atoms with Crippen molar-refractivity contribution in [2.45, 2.75) is 44.3 Å². The summed E-state index contributed by atoms with van der Waals surface area (Å²) < 4.78 is 10.5. The highest BCUT2D eigenvalue weighted by molar-refractivity contribution is 7.98. The molecule has 0 N–H and O–H groups in total. The molecule has 0 aliphatic carbocycles. The molecule has 6 nitrogen and oxygen atoms in total. The fourth-order valence-corrected chi connectivity index (χ4v) is 4.52. The summed E-state index contributed by atoms with van der Waals surface area (Å²) in [5.74, 6) is 1.33. The van der Waals surface area contributed by atoms with Crippen LogP contribution < -0.4 is 0 Å². The second kappa shape index (κ2) is 9.28. The molecule has 0 radical (unpaired) electrons. The van der Waals surface area contributed by atoms with Gasteiger partial charge in [0.2, 0.25) is 0 Å². The third kappa shape index (κ3) is 4.95. The van der Waals surface area contributed by atoms with Crippen molar-refractivity contribution in [1.29, 1.82) is 0 Å². The molecule has 1 aromatic carbocycles. The zero-order chi connectivity index (χ0) is 20.1. The number of nitrogens with zero attached hydrogens (tertiary/aromatic N) is 2. The van der Waals surface area contributed by atoms with E-state index in [9.17, 15) is 9.59 Å². The fourth-order valence-electron chi connectivity index (χ4n) is 3.33. The van der Waals surface area contributed by atoms with E-state index in [0.29, 0.717) is 17.2 Å². The highest BCUT2D eigenvalue weighted by atomic mass is 32.2. The third-order valence-corrected chi connectivity index (χ3v) is 6.10. The van der Waals surface area contributed by atoms with E-state index < -0.39 is 5.97 Å². The molecule has 1 aliphatic heterocycles. The summed E-state index contributed by atoms with van der Waals surface area (Å²) in [6.45, 7) is 7.18. The molecule has 0 unspecified atom stereocenters. The van der Waals surface area contributed by atoms with Crippen LogP contribution in [0, 0.1) is 19.8 Å². The van der Waals surface area contributed by atoms with E-state index in [1.807, 2.05) is 26.0 Å². The number of hydrogen-bond donors (Lipinski definition) is 0. The number of hydrogen-bond acceptors (Lipinski definition) is 6. The average molecular weight is 403 g/mol. The maximum Gasteiger partial charge on any atom is 0.339 e. The molecule has 0 spiro atoms. The Morgan fingerprint density at radius 2 is 2.11 bits per heavy atom. The van der Waals surface area contributed by atoms with Gasteiger partial charge in [-0.2, -0.15) is 0 Å². The van der Waals surface area contributed by atoms with Gasteiger partial charge in [0, 0.05) is 29.3 Å². The first kappa shape index (κ1) is 20.5. The lowest BCUT2D eigenvalue weighted by molar-refractivity contribution is -0.136. The molecule has 1 fully saturated rings. The zero-order valence-electron chi connectivity index (χ0n) is 16.6. The molecule has 0 saturated carbocycles. The fraction of sp³-hybridized carbons (Fsp3) is 0.476. The minimum absolute atomic E-state index is 0.124. The quantitative estimate of drug-likeness (QED) is 0.537.